The highest BCUT2D eigenvalue weighted by Gasteiger charge is 2.29. The number of likely N-dealkylation sites (tertiary alicyclic amines) is 1. The molecule has 4 nitrogen and oxygen atoms in total. The number of amides is 1. The van der Waals surface area contributed by atoms with Crippen LogP contribution in [0.3, 0.4) is 0 Å². The van der Waals surface area contributed by atoms with Gasteiger partial charge in [-0.15, -0.1) is 0 Å². The average Bonchev–Trinajstić information content (AvgIpc) is 2.26. The molecule has 0 aromatic carbocycles. The summed E-state index contributed by atoms with van der Waals surface area (Å²) in [7, 11) is 0. The summed E-state index contributed by atoms with van der Waals surface area (Å²) < 4.78 is 5.30. The minimum absolute atomic E-state index is 0.0425. The second-order valence-electron chi connectivity index (χ2n) is 5.68. The zero-order valence-electron chi connectivity index (χ0n) is 11.6. The Kier molecular flexibility index (Phi) is 4.93. The first-order valence-corrected chi connectivity index (χ1v) is 6.48. The highest BCUT2D eigenvalue weighted by atomic mass is 16.6. The monoisotopic (exact) mass is 253 g/mol. The highest BCUT2D eigenvalue weighted by Crippen LogP contribution is 2.21. The first kappa shape index (κ1) is 14.7. The molecule has 1 unspecified atom stereocenters. The number of carbonyl (C=O) groups is 2. The molecule has 1 atom stereocenters. The van der Waals surface area contributed by atoms with Gasteiger partial charge in [0.1, 0.15) is 5.60 Å². The van der Waals surface area contributed by atoms with E-state index in [-0.39, 0.29) is 24.3 Å². The second-order valence-corrected chi connectivity index (χ2v) is 5.68. The minimum Gasteiger partial charge on any atom is -0.460 e. The van der Waals surface area contributed by atoms with Crippen molar-refractivity contribution >= 4 is 11.9 Å². The Bertz CT molecular complexity index is 330. The maximum Gasteiger partial charge on any atom is 0.308 e. The number of rotatable bonds is 3. The van der Waals surface area contributed by atoms with Crippen molar-refractivity contribution in [3.8, 4) is 0 Å². The van der Waals surface area contributed by atoms with Crippen LogP contribution in [0.15, 0.2) is 12.7 Å². The van der Waals surface area contributed by atoms with Gasteiger partial charge in [0.15, 0.2) is 0 Å². The van der Waals surface area contributed by atoms with E-state index in [1.807, 2.05) is 20.8 Å². The van der Waals surface area contributed by atoms with E-state index in [0.29, 0.717) is 6.54 Å². The Hall–Kier alpha value is -1.32. The molecule has 1 saturated heterocycles. The summed E-state index contributed by atoms with van der Waals surface area (Å²) in [6, 6.07) is -0.0425. The third-order valence-corrected chi connectivity index (χ3v) is 2.91. The van der Waals surface area contributed by atoms with Crippen LogP contribution in [0.5, 0.6) is 0 Å². The number of nitrogens with zero attached hydrogens (tertiary/aromatic N) is 1. The largest absolute Gasteiger partial charge is 0.460 e. The van der Waals surface area contributed by atoms with Crippen LogP contribution >= 0.6 is 0 Å². The number of esters is 1. The number of piperidine rings is 1. The molecule has 0 aromatic rings. The summed E-state index contributed by atoms with van der Waals surface area (Å²) in [5.74, 6) is -0.334. The minimum atomic E-state index is -0.473. The topological polar surface area (TPSA) is 46.6 Å². The summed E-state index contributed by atoms with van der Waals surface area (Å²) in [5.41, 5.74) is -0.473. The van der Waals surface area contributed by atoms with Gasteiger partial charge in [-0.05, 0) is 46.1 Å². The standard InChI is InChI=1S/C14H23NO3/c1-5-12(16)15-9-7-6-8-11(15)10-13(17)18-14(2,3)4/h5,11H,1,6-10H2,2-4H3. The van der Waals surface area contributed by atoms with Gasteiger partial charge in [0, 0.05) is 12.6 Å². The summed E-state index contributed by atoms with van der Waals surface area (Å²) in [5, 5.41) is 0. The number of hydrogen-bond acceptors (Lipinski definition) is 3. The predicted octanol–water partition coefficient (Wildman–Crippen LogP) is 2.29. The van der Waals surface area contributed by atoms with Crippen molar-refractivity contribution in [2.45, 2.75) is 58.1 Å². The highest BCUT2D eigenvalue weighted by molar-refractivity contribution is 5.87. The van der Waals surface area contributed by atoms with Crippen molar-refractivity contribution in [1.29, 1.82) is 0 Å². The fraction of sp³-hybridized carbons (Fsp3) is 0.714. The normalized spacial score (nSPS) is 20.4. The third-order valence-electron chi connectivity index (χ3n) is 2.91. The van der Waals surface area contributed by atoms with E-state index in [4.69, 9.17) is 4.74 Å². The van der Waals surface area contributed by atoms with Crippen LogP contribution in [0.25, 0.3) is 0 Å². The summed E-state index contributed by atoms with van der Waals surface area (Å²) in [4.78, 5) is 25.2. The zero-order valence-corrected chi connectivity index (χ0v) is 11.6. The molecular weight excluding hydrogens is 230 g/mol. The maximum absolute atomic E-state index is 11.8. The lowest BCUT2D eigenvalue weighted by Gasteiger charge is -2.35. The van der Waals surface area contributed by atoms with Gasteiger partial charge >= 0.3 is 5.97 Å². The Labute approximate surface area is 109 Å². The van der Waals surface area contributed by atoms with Crippen LogP contribution in [0.1, 0.15) is 46.5 Å². The van der Waals surface area contributed by atoms with Gasteiger partial charge in [0.05, 0.1) is 6.42 Å². The Balaban J connectivity index is 2.59. The van der Waals surface area contributed by atoms with E-state index in [0.717, 1.165) is 19.3 Å². The lowest BCUT2D eigenvalue weighted by atomic mass is 9.99. The summed E-state index contributed by atoms with van der Waals surface area (Å²) in [6.45, 7) is 9.75. The zero-order chi connectivity index (χ0) is 13.8. The molecule has 0 spiro atoms. The summed E-state index contributed by atoms with van der Waals surface area (Å²) >= 11 is 0. The van der Waals surface area contributed by atoms with Crippen molar-refractivity contribution in [3.05, 3.63) is 12.7 Å². The van der Waals surface area contributed by atoms with E-state index in [1.54, 1.807) is 4.90 Å². The molecule has 0 aliphatic carbocycles. The van der Waals surface area contributed by atoms with E-state index >= 15 is 0 Å². The molecule has 1 fully saturated rings. The van der Waals surface area contributed by atoms with Crippen LogP contribution < -0.4 is 0 Å². The Morgan fingerprint density at radius 3 is 2.61 bits per heavy atom. The van der Waals surface area contributed by atoms with E-state index < -0.39 is 5.60 Å². The molecule has 4 heteroatoms. The van der Waals surface area contributed by atoms with E-state index in [1.165, 1.54) is 6.08 Å². The van der Waals surface area contributed by atoms with Crippen molar-refractivity contribution < 1.29 is 14.3 Å². The van der Waals surface area contributed by atoms with Crippen LogP contribution in [0, 0.1) is 0 Å². The molecule has 18 heavy (non-hydrogen) atoms. The molecular formula is C14H23NO3. The fourth-order valence-electron chi connectivity index (χ4n) is 2.20. The molecule has 1 aliphatic rings. The first-order chi connectivity index (χ1) is 8.33. The van der Waals surface area contributed by atoms with Crippen molar-refractivity contribution in [2.24, 2.45) is 0 Å². The van der Waals surface area contributed by atoms with E-state index in [2.05, 4.69) is 6.58 Å². The predicted molar refractivity (Wildman–Crippen MR) is 70.0 cm³/mol. The Morgan fingerprint density at radius 1 is 1.39 bits per heavy atom. The van der Waals surface area contributed by atoms with Crippen LogP contribution in [-0.4, -0.2) is 35.0 Å². The molecule has 0 radical (unpaired) electrons. The maximum atomic E-state index is 11.8. The lowest BCUT2D eigenvalue weighted by molar-refractivity contribution is -0.157. The van der Waals surface area contributed by atoms with Gasteiger partial charge < -0.3 is 9.64 Å². The van der Waals surface area contributed by atoms with Crippen LogP contribution in [0.4, 0.5) is 0 Å². The summed E-state index contributed by atoms with van der Waals surface area (Å²) in [6.07, 6.45) is 4.49. The SMILES string of the molecule is C=CC(=O)N1CCCCC1CC(=O)OC(C)(C)C. The smallest absolute Gasteiger partial charge is 0.308 e. The van der Waals surface area contributed by atoms with Gasteiger partial charge in [0.25, 0.3) is 0 Å². The molecule has 1 heterocycles. The second kappa shape index (κ2) is 6.03. The van der Waals surface area contributed by atoms with Crippen molar-refractivity contribution in [2.75, 3.05) is 6.54 Å². The first-order valence-electron chi connectivity index (χ1n) is 6.48. The van der Waals surface area contributed by atoms with Gasteiger partial charge in [-0.3, -0.25) is 9.59 Å². The average molecular weight is 253 g/mol. The fourth-order valence-corrected chi connectivity index (χ4v) is 2.20. The van der Waals surface area contributed by atoms with Crippen LogP contribution in [0.2, 0.25) is 0 Å². The van der Waals surface area contributed by atoms with Gasteiger partial charge in [-0.2, -0.15) is 0 Å². The molecule has 1 amide bonds. The molecule has 1 aliphatic heterocycles. The molecule has 0 aromatic heterocycles. The third kappa shape index (κ3) is 4.51. The lowest BCUT2D eigenvalue weighted by Crippen LogP contribution is -2.44. The van der Waals surface area contributed by atoms with E-state index in [9.17, 15) is 9.59 Å². The van der Waals surface area contributed by atoms with Crippen molar-refractivity contribution in [3.63, 3.8) is 0 Å². The number of hydrogen-bond donors (Lipinski definition) is 0. The molecule has 0 saturated carbocycles. The molecule has 102 valence electrons. The molecule has 1 rings (SSSR count). The Morgan fingerprint density at radius 2 is 2.06 bits per heavy atom. The molecule has 0 N–H and O–H groups in total. The van der Waals surface area contributed by atoms with Crippen molar-refractivity contribution in [1.82, 2.24) is 4.90 Å². The van der Waals surface area contributed by atoms with Crippen LogP contribution in [-0.2, 0) is 14.3 Å². The number of ether oxygens (including phenoxy) is 1. The van der Waals surface area contributed by atoms with Gasteiger partial charge in [-0.25, -0.2) is 0 Å². The van der Waals surface area contributed by atoms with Gasteiger partial charge in [0.2, 0.25) is 5.91 Å². The number of carbonyl (C=O) groups excluding carboxylic acids is 2. The molecule has 0 bridgehead atoms. The van der Waals surface area contributed by atoms with Gasteiger partial charge in [-0.1, -0.05) is 6.58 Å². The quantitative estimate of drug-likeness (QED) is 0.572.